The van der Waals surface area contributed by atoms with Crippen molar-refractivity contribution < 1.29 is 20.1 Å². The van der Waals surface area contributed by atoms with Crippen LogP contribution in [0, 0.1) is 0 Å². The minimum Gasteiger partial charge on any atom is -1.00 e. The van der Waals surface area contributed by atoms with Crippen LogP contribution < -0.4 is 0 Å². The summed E-state index contributed by atoms with van der Waals surface area (Å²) in [6, 6.07) is 0. The zero-order chi connectivity index (χ0) is 4.28. The Hall–Kier alpha value is 2.22. The molecule has 0 spiro atoms. The van der Waals surface area contributed by atoms with Crippen LogP contribution in [-0.2, 0) is 4.52 Å². The minimum atomic E-state index is -1.28. The summed E-state index contributed by atoms with van der Waals surface area (Å²) in [7, 11) is 1.59. The average molecular weight is 178 g/mol. The van der Waals surface area contributed by atoms with Crippen molar-refractivity contribution in [3.8, 4) is 0 Å². The second-order valence-corrected chi connectivity index (χ2v) is 0.619. The topological polar surface area (TPSA) is 46.5 Å². The SMILES string of the molecule is O=C(O)OP.[Ca+2].[Ca+2].[H-].[H-].[H-].[H-]. The summed E-state index contributed by atoms with van der Waals surface area (Å²) in [6.45, 7) is 0. The Morgan fingerprint density at radius 3 is 1.86 bits per heavy atom. The van der Waals surface area contributed by atoms with Gasteiger partial charge in [-0.15, -0.1) is 0 Å². The predicted octanol–water partition coefficient (Wildman–Crippen LogP) is 0.159. The largest absolute Gasteiger partial charge is 2.00 e. The van der Waals surface area contributed by atoms with Gasteiger partial charge in [0.2, 0.25) is 0 Å². The van der Waals surface area contributed by atoms with Gasteiger partial charge in [-0.3, -0.25) is 0 Å². The predicted molar refractivity (Wildman–Crippen MR) is 34.8 cm³/mol. The fraction of sp³-hybridized carbons (Fsp3) is 0. The van der Waals surface area contributed by atoms with Crippen LogP contribution in [-0.4, -0.2) is 86.7 Å². The van der Waals surface area contributed by atoms with Crippen LogP contribution in [0.4, 0.5) is 4.79 Å². The molecule has 1 atom stereocenters. The zero-order valence-corrected chi connectivity index (χ0v) is 9.33. The van der Waals surface area contributed by atoms with E-state index >= 15 is 0 Å². The Bertz CT molecular complexity index is 58.6. The first-order valence-electron chi connectivity index (χ1n) is 0.868. The van der Waals surface area contributed by atoms with E-state index in [1.807, 2.05) is 0 Å². The fourth-order valence-electron chi connectivity index (χ4n) is 0. The first kappa shape index (κ1) is 16.1. The molecule has 0 saturated heterocycles. The molecule has 3 nitrogen and oxygen atoms in total. The number of carbonyl (C=O) groups is 1. The van der Waals surface area contributed by atoms with Crippen LogP contribution in [0.3, 0.4) is 0 Å². The summed E-state index contributed by atoms with van der Waals surface area (Å²) in [5, 5.41) is 7.48. The van der Waals surface area contributed by atoms with Gasteiger partial charge in [0.1, 0.15) is 0 Å². The van der Waals surface area contributed by atoms with E-state index in [1.165, 1.54) is 0 Å². The Kier molecular flexibility index (Phi) is 25.5. The van der Waals surface area contributed by atoms with Gasteiger partial charge in [-0.05, 0) is 0 Å². The Balaban J connectivity index is -0.00000000533. The van der Waals surface area contributed by atoms with E-state index in [-0.39, 0.29) is 81.2 Å². The van der Waals surface area contributed by atoms with Crippen LogP contribution in [0.1, 0.15) is 5.71 Å². The molecule has 0 bridgehead atoms. The minimum absolute atomic E-state index is 0. The summed E-state index contributed by atoms with van der Waals surface area (Å²) in [5.74, 6) is 0. The molecule has 0 aliphatic heterocycles. The molecule has 1 N–H and O–H groups in total. The average Bonchev–Trinajstić information content (AvgIpc) is 1.38. The van der Waals surface area contributed by atoms with Gasteiger partial charge >= 0.3 is 81.6 Å². The van der Waals surface area contributed by atoms with Crippen molar-refractivity contribution in [3.63, 3.8) is 0 Å². The molecule has 1 unspecified atom stereocenters. The van der Waals surface area contributed by atoms with Gasteiger partial charge < -0.3 is 15.3 Å². The van der Waals surface area contributed by atoms with Crippen molar-refractivity contribution in [2.24, 2.45) is 0 Å². The van der Waals surface area contributed by atoms with Gasteiger partial charge in [-0.2, -0.15) is 0 Å². The molecule has 0 aliphatic carbocycles. The second kappa shape index (κ2) is 11.1. The van der Waals surface area contributed by atoms with Crippen LogP contribution in [0.25, 0.3) is 0 Å². The summed E-state index contributed by atoms with van der Waals surface area (Å²) in [6.07, 6.45) is -1.28. The molecule has 38 valence electrons. The summed E-state index contributed by atoms with van der Waals surface area (Å²) in [4.78, 5) is 9.12. The molecule has 6 heteroatoms. The number of hydrogen-bond acceptors (Lipinski definition) is 2. The van der Waals surface area contributed by atoms with Gasteiger partial charge in [0.05, 0.1) is 9.47 Å². The zero-order valence-electron chi connectivity index (χ0n) is 7.76. The molecule has 0 saturated carbocycles. The third-order valence-corrected chi connectivity index (χ3v) is 0.302. The van der Waals surface area contributed by atoms with E-state index in [4.69, 9.17) is 9.90 Å². The third kappa shape index (κ3) is 17.9. The van der Waals surface area contributed by atoms with Crippen LogP contribution >= 0.6 is 9.47 Å². The van der Waals surface area contributed by atoms with Gasteiger partial charge in [0, 0.05) is 0 Å². The van der Waals surface area contributed by atoms with Gasteiger partial charge in [-0.25, -0.2) is 4.79 Å². The molecule has 0 fully saturated rings. The normalized spacial score (nSPS) is 4.71. The first-order valence-corrected chi connectivity index (χ1v) is 1.34. The van der Waals surface area contributed by atoms with Crippen molar-refractivity contribution >= 4 is 91.1 Å². The smallest absolute Gasteiger partial charge is 1.00 e. The van der Waals surface area contributed by atoms with Crippen LogP contribution in [0.15, 0.2) is 0 Å². The van der Waals surface area contributed by atoms with Crippen LogP contribution in [0.2, 0.25) is 0 Å². The molecular formula is CH7Ca2O3P. The van der Waals surface area contributed by atoms with E-state index < -0.39 is 6.16 Å². The van der Waals surface area contributed by atoms with E-state index in [9.17, 15) is 0 Å². The molecule has 7 heavy (non-hydrogen) atoms. The van der Waals surface area contributed by atoms with Crippen molar-refractivity contribution in [1.29, 1.82) is 0 Å². The second-order valence-electron chi connectivity index (χ2n) is 0.384. The molecule has 0 aromatic carbocycles. The molecular weight excluding hydrogens is 171 g/mol. The standard InChI is InChI=1S/CH3O3P.2Ca.4H/c2-1(3)4-5;;;;;;/h5H2,(H,2,3);;;;;;/q;2*+2;4*-1. The fourth-order valence-corrected chi connectivity index (χ4v) is 0. The summed E-state index contributed by atoms with van der Waals surface area (Å²) >= 11 is 0. The maximum Gasteiger partial charge on any atom is 2.00 e. The Morgan fingerprint density at radius 1 is 1.71 bits per heavy atom. The Morgan fingerprint density at radius 2 is 1.86 bits per heavy atom. The molecule has 0 rings (SSSR count). The van der Waals surface area contributed by atoms with Crippen molar-refractivity contribution in [3.05, 3.63) is 0 Å². The van der Waals surface area contributed by atoms with Gasteiger partial charge in [0.25, 0.3) is 0 Å². The summed E-state index contributed by atoms with van der Waals surface area (Å²) in [5.41, 5.74) is 0. The van der Waals surface area contributed by atoms with E-state index in [0.717, 1.165) is 0 Å². The number of carboxylic acid groups (broad SMARTS) is 1. The molecule has 0 aromatic rings. The summed E-state index contributed by atoms with van der Waals surface area (Å²) < 4.78 is 3.58. The third-order valence-electron chi connectivity index (χ3n) is 0.101. The van der Waals surface area contributed by atoms with Gasteiger partial charge in [-0.1, -0.05) is 0 Å². The van der Waals surface area contributed by atoms with E-state index in [1.54, 1.807) is 9.47 Å². The van der Waals surface area contributed by atoms with E-state index in [2.05, 4.69) is 4.52 Å². The van der Waals surface area contributed by atoms with Crippen molar-refractivity contribution in [1.82, 2.24) is 0 Å². The number of rotatable bonds is 0. The number of hydrogen-bond donors (Lipinski definition) is 1. The van der Waals surface area contributed by atoms with Crippen molar-refractivity contribution in [2.45, 2.75) is 0 Å². The molecule has 0 aliphatic rings. The first-order chi connectivity index (χ1) is 2.27. The van der Waals surface area contributed by atoms with Crippen LogP contribution in [0.5, 0.6) is 0 Å². The molecule has 0 amide bonds. The van der Waals surface area contributed by atoms with E-state index in [0.29, 0.717) is 0 Å². The van der Waals surface area contributed by atoms with Gasteiger partial charge in [0.15, 0.2) is 0 Å². The molecule has 0 heterocycles. The molecule has 0 aromatic heterocycles. The molecule has 0 radical (unpaired) electrons. The Labute approximate surface area is 109 Å². The monoisotopic (exact) mass is 178 g/mol. The quantitative estimate of drug-likeness (QED) is 0.424. The maximum absolute atomic E-state index is 9.12. The maximum atomic E-state index is 9.12. The van der Waals surface area contributed by atoms with Crippen molar-refractivity contribution in [2.75, 3.05) is 0 Å².